The van der Waals surface area contributed by atoms with Gasteiger partial charge in [0.05, 0.1) is 25.1 Å². The first-order chi connectivity index (χ1) is 24.5. The first-order valence-corrected chi connectivity index (χ1v) is 17.7. The van der Waals surface area contributed by atoms with Gasteiger partial charge >= 0.3 is 0 Å². The van der Waals surface area contributed by atoms with E-state index in [1.807, 2.05) is 74.2 Å². The minimum absolute atomic E-state index is 0.232. The maximum absolute atomic E-state index is 13.8. The summed E-state index contributed by atoms with van der Waals surface area (Å²) in [6, 6.07) is 24.5. The molecule has 1 fully saturated rings. The fourth-order valence-electron chi connectivity index (χ4n) is 6.42. The van der Waals surface area contributed by atoms with Gasteiger partial charge in [0, 0.05) is 50.8 Å². The Hall–Kier alpha value is -5.15. The molecule has 0 spiro atoms. The van der Waals surface area contributed by atoms with Crippen LogP contribution in [-0.4, -0.2) is 81.5 Å². The van der Waals surface area contributed by atoms with Gasteiger partial charge < -0.3 is 29.5 Å². The van der Waals surface area contributed by atoms with Crippen LogP contribution in [0.25, 0.3) is 11.1 Å². The van der Waals surface area contributed by atoms with Crippen molar-refractivity contribution in [2.75, 3.05) is 64.2 Å². The first-order valence-electron chi connectivity index (χ1n) is 17.7. The average Bonchev–Trinajstić information content (AvgIpc) is 3.13. The van der Waals surface area contributed by atoms with Crippen LogP contribution in [0.5, 0.6) is 11.5 Å². The summed E-state index contributed by atoms with van der Waals surface area (Å²) in [4.78, 5) is 45.7. The number of anilines is 2. The van der Waals surface area contributed by atoms with E-state index in [0.717, 1.165) is 73.3 Å². The molecular formula is C42H50N4O5. The summed E-state index contributed by atoms with van der Waals surface area (Å²) in [5, 5.41) is 2.99. The van der Waals surface area contributed by atoms with E-state index < -0.39 is 0 Å². The molecule has 0 atom stereocenters. The van der Waals surface area contributed by atoms with E-state index in [-0.39, 0.29) is 17.7 Å². The van der Waals surface area contributed by atoms with Crippen molar-refractivity contribution in [1.29, 1.82) is 0 Å². The fourth-order valence-corrected chi connectivity index (χ4v) is 6.42. The quantitative estimate of drug-likeness (QED) is 0.146. The molecule has 1 saturated heterocycles. The lowest BCUT2D eigenvalue weighted by atomic mass is 9.94. The van der Waals surface area contributed by atoms with Crippen molar-refractivity contribution in [3.8, 4) is 22.6 Å². The monoisotopic (exact) mass is 690 g/mol. The van der Waals surface area contributed by atoms with Crippen LogP contribution in [0.15, 0.2) is 78.9 Å². The highest BCUT2D eigenvalue weighted by molar-refractivity contribution is 6.10. The Labute approximate surface area is 302 Å². The van der Waals surface area contributed by atoms with E-state index in [1.54, 1.807) is 36.2 Å². The second-order valence-corrected chi connectivity index (χ2v) is 13.4. The summed E-state index contributed by atoms with van der Waals surface area (Å²) in [7, 11) is 5.32. The van der Waals surface area contributed by atoms with Gasteiger partial charge in [0.1, 0.15) is 11.5 Å². The van der Waals surface area contributed by atoms with Gasteiger partial charge in [0.25, 0.3) is 11.8 Å². The molecule has 4 aromatic carbocycles. The zero-order chi connectivity index (χ0) is 36.5. The predicted octanol–water partition coefficient (Wildman–Crippen LogP) is 7.53. The number of methoxy groups -OCH3 is 1. The van der Waals surface area contributed by atoms with Gasteiger partial charge in [-0.1, -0.05) is 48.0 Å². The standard InChI is InChI=1S/C42H50N4O5/c1-29-15-18-33(31(3)26-29)34-12-9-10-13-35(34)41(48)43-36-19-17-32(28-38(36)50-6)42(49)45(5)37-20-16-30(2)27-39(37)51-25-11-7-8-14-40(47)46-23-21-44(4)22-24-46/h9-10,12-13,15-20,26-28H,7-8,11,14,21-25H2,1-6H3,(H,43,48). The number of aryl methyl sites for hydroxylation is 3. The Bertz CT molecular complexity index is 1860. The van der Waals surface area contributed by atoms with E-state index in [0.29, 0.717) is 47.0 Å². The van der Waals surface area contributed by atoms with Gasteiger partial charge in [0.15, 0.2) is 0 Å². The molecule has 3 amide bonds. The molecule has 1 aliphatic heterocycles. The lowest BCUT2D eigenvalue weighted by Gasteiger charge is -2.32. The topological polar surface area (TPSA) is 91.4 Å². The van der Waals surface area contributed by atoms with E-state index in [2.05, 4.69) is 23.3 Å². The third kappa shape index (κ3) is 9.35. The highest BCUT2D eigenvalue weighted by Gasteiger charge is 2.22. The molecular weight excluding hydrogens is 640 g/mol. The maximum Gasteiger partial charge on any atom is 0.258 e. The molecule has 5 rings (SSSR count). The van der Waals surface area contributed by atoms with E-state index in [1.165, 1.54) is 7.11 Å². The minimum Gasteiger partial charge on any atom is -0.495 e. The summed E-state index contributed by atoms with van der Waals surface area (Å²) in [6.07, 6.45) is 3.07. The third-order valence-corrected chi connectivity index (χ3v) is 9.47. The number of hydrogen-bond acceptors (Lipinski definition) is 6. The average molecular weight is 691 g/mol. The maximum atomic E-state index is 13.8. The van der Waals surface area contributed by atoms with Gasteiger partial charge in [-0.05, 0) is 106 Å². The molecule has 51 heavy (non-hydrogen) atoms. The summed E-state index contributed by atoms with van der Waals surface area (Å²) >= 11 is 0. The highest BCUT2D eigenvalue weighted by atomic mass is 16.5. The molecule has 1 aliphatic rings. The van der Waals surface area contributed by atoms with Crippen molar-refractivity contribution in [2.45, 2.75) is 46.5 Å². The Balaban J connectivity index is 1.21. The summed E-state index contributed by atoms with van der Waals surface area (Å²) < 4.78 is 11.8. The van der Waals surface area contributed by atoms with Crippen molar-refractivity contribution in [3.63, 3.8) is 0 Å². The van der Waals surface area contributed by atoms with Crippen LogP contribution in [0, 0.1) is 20.8 Å². The third-order valence-electron chi connectivity index (χ3n) is 9.47. The molecule has 0 bridgehead atoms. The predicted molar refractivity (Wildman–Crippen MR) is 204 cm³/mol. The number of carbonyl (C=O) groups is 3. The lowest BCUT2D eigenvalue weighted by Crippen LogP contribution is -2.47. The van der Waals surface area contributed by atoms with Crippen LogP contribution in [0.2, 0.25) is 0 Å². The van der Waals surface area contributed by atoms with Crippen LogP contribution in [0.1, 0.15) is 63.1 Å². The second kappa shape index (κ2) is 17.2. The number of ether oxygens (including phenoxy) is 2. The number of amides is 3. The summed E-state index contributed by atoms with van der Waals surface area (Å²) in [5.41, 5.74) is 7.16. The lowest BCUT2D eigenvalue weighted by molar-refractivity contribution is -0.132. The van der Waals surface area contributed by atoms with Crippen molar-refractivity contribution in [1.82, 2.24) is 9.80 Å². The molecule has 1 N–H and O–H groups in total. The number of rotatable bonds is 13. The van der Waals surface area contributed by atoms with Gasteiger partial charge in [0.2, 0.25) is 5.91 Å². The number of hydrogen-bond donors (Lipinski definition) is 1. The van der Waals surface area contributed by atoms with E-state index in [4.69, 9.17) is 9.47 Å². The number of nitrogens with one attached hydrogen (secondary N) is 1. The molecule has 0 saturated carbocycles. The molecule has 1 heterocycles. The number of likely N-dealkylation sites (N-methyl/N-ethyl adjacent to an activating group) is 1. The first kappa shape index (κ1) is 37.1. The second-order valence-electron chi connectivity index (χ2n) is 13.4. The molecule has 0 radical (unpaired) electrons. The van der Waals surface area contributed by atoms with Crippen LogP contribution >= 0.6 is 0 Å². The summed E-state index contributed by atoms with van der Waals surface area (Å²) in [6.45, 7) is 10.0. The normalized spacial score (nSPS) is 13.1. The summed E-state index contributed by atoms with van der Waals surface area (Å²) in [5.74, 6) is 0.706. The van der Waals surface area contributed by atoms with Crippen molar-refractivity contribution in [3.05, 3.63) is 107 Å². The number of nitrogens with zero attached hydrogens (tertiary/aromatic N) is 3. The molecule has 0 aliphatic carbocycles. The molecule has 0 unspecified atom stereocenters. The Morgan fingerprint density at radius 1 is 0.784 bits per heavy atom. The number of piperazine rings is 1. The molecule has 0 aromatic heterocycles. The highest BCUT2D eigenvalue weighted by Crippen LogP contribution is 2.33. The van der Waals surface area contributed by atoms with Gasteiger partial charge in [-0.2, -0.15) is 0 Å². The Kier molecular flexibility index (Phi) is 12.5. The molecule has 4 aromatic rings. The number of unbranched alkanes of at least 4 members (excludes halogenated alkanes) is 2. The number of benzene rings is 4. The van der Waals surface area contributed by atoms with Gasteiger partial charge in [-0.25, -0.2) is 0 Å². The minimum atomic E-state index is -0.275. The van der Waals surface area contributed by atoms with Gasteiger partial charge in [-0.3, -0.25) is 14.4 Å². The van der Waals surface area contributed by atoms with Crippen LogP contribution in [0.4, 0.5) is 11.4 Å². The SMILES string of the molecule is COc1cc(C(=O)N(C)c2ccc(C)cc2OCCCCCC(=O)N2CCN(C)CC2)ccc1NC(=O)c1ccccc1-c1ccc(C)cc1C. The Morgan fingerprint density at radius 2 is 1.51 bits per heavy atom. The smallest absolute Gasteiger partial charge is 0.258 e. The van der Waals surface area contributed by atoms with Crippen molar-refractivity contribution >= 4 is 29.1 Å². The van der Waals surface area contributed by atoms with Crippen molar-refractivity contribution in [2.24, 2.45) is 0 Å². The van der Waals surface area contributed by atoms with Crippen LogP contribution in [-0.2, 0) is 4.79 Å². The van der Waals surface area contributed by atoms with E-state index in [9.17, 15) is 14.4 Å². The number of carbonyl (C=O) groups excluding carboxylic acids is 3. The molecule has 9 nitrogen and oxygen atoms in total. The largest absolute Gasteiger partial charge is 0.495 e. The zero-order valence-electron chi connectivity index (χ0n) is 30.8. The molecule has 9 heteroatoms. The van der Waals surface area contributed by atoms with Crippen LogP contribution < -0.4 is 19.7 Å². The van der Waals surface area contributed by atoms with E-state index >= 15 is 0 Å². The van der Waals surface area contributed by atoms with Gasteiger partial charge in [-0.15, -0.1) is 0 Å². The molecule has 268 valence electrons. The fraction of sp³-hybridized carbons (Fsp3) is 0.357. The van der Waals surface area contributed by atoms with Crippen LogP contribution in [0.3, 0.4) is 0 Å². The zero-order valence-corrected chi connectivity index (χ0v) is 30.8. The van der Waals surface area contributed by atoms with Crippen molar-refractivity contribution < 1.29 is 23.9 Å². The Morgan fingerprint density at radius 3 is 2.25 bits per heavy atom.